The zero-order chi connectivity index (χ0) is 23.2. The fourth-order valence-electron chi connectivity index (χ4n) is 3.80. The molecular weight excluding hydrogens is 435 g/mol. The Morgan fingerprint density at radius 2 is 1.81 bits per heavy atom. The van der Waals surface area contributed by atoms with Gasteiger partial charge in [0.2, 0.25) is 0 Å². The molecule has 3 rings (SSSR count). The van der Waals surface area contributed by atoms with Crippen LogP contribution >= 0.6 is 11.6 Å². The summed E-state index contributed by atoms with van der Waals surface area (Å²) in [7, 11) is 0. The van der Waals surface area contributed by atoms with Gasteiger partial charge in [-0.1, -0.05) is 31.9 Å². The summed E-state index contributed by atoms with van der Waals surface area (Å²) < 4.78 is 44.0. The summed E-state index contributed by atoms with van der Waals surface area (Å²) in [6.45, 7) is 4.80. The lowest BCUT2D eigenvalue weighted by atomic mass is 9.84. The molecule has 1 unspecified atom stereocenters. The minimum Gasteiger partial charge on any atom is -0.503 e. The molecule has 0 aliphatic rings. The van der Waals surface area contributed by atoms with Gasteiger partial charge in [0.05, 0.1) is 16.5 Å². The maximum atomic E-state index is 15.0. The maximum Gasteiger partial charge on any atom is 0.311 e. The van der Waals surface area contributed by atoms with Crippen molar-refractivity contribution in [3.63, 3.8) is 0 Å². The number of benzene rings is 2. The van der Waals surface area contributed by atoms with Crippen LogP contribution in [0.1, 0.15) is 47.8 Å². The van der Waals surface area contributed by atoms with Gasteiger partial charge in [-0.2, -0.15) is 0 Å². The number of carboxylic acid groups (broad SMARTS) is 1. The van der Waals surface area contributed by atoms with E-state index in [2.05, 4.69) is 0 Å². The van der Waals surface area contributed by atoms with Crippen LogP contribution in [0.4, 0.5) is 13.2 Å². The number of aliphatic carboxylic acids is 1. The molecule has 0 amide bonds. The third-order valence-electron chi connectivity index (χ3n) is 5.57. The van der Waals surface area contributed by atoms with Gasteiger partial charge < -0.3 is 10.2 Å². The number of fused-ring (bicyclic) bond motifs is 1. The topological polar surface area (TPSA) is 79.5 Å². The van der Waals surface area contributed by atoms with Crippen molar-refractivity contribution in [2.24, 2.45) is 5.92 Å². The first kappa shape index (κ1) is 22.7. The number of phenolic OH excluding ortho intramolecular Hbond substituents is 1. The summed E-state index contributed by atoms with van der Waals surface area (Å²) in [4.78, 5) is 25.3. The third-order valence-corrected chi connectivity index (χ3v) is 5.87. The Morgan fingerprint density at radius 1 is 1.16 bits per heavy atom. The number of carbonyl (C=O) groups excluding carboxylic acids is 1. The second-order valence-electron chi connectivity index (χ2n) is 7.39. The molecule has 0 spiro atoms. The van der Waals surface area contributed by atoms with Crippen LogP contribution in [-0.2, 0) is 4.79 Å². The molecule has 0 bridgehead atoms. The highest BCUT2D eigenvalue weighted by atomic mass is 35.5. The normalized spacial score (nSPS) is 13.4. The molecule has 0 fully saturated rings. The Bertz CT molecular complexity index is 1220. The minimum absolute atomic E-state index is 0.0481. The van der Waals surface area contributed by atoms with Crippen LogP contribution in [0.15, 0.2) is 24.3 Å². The minimum atomic E-state index is -1.36. The highest BCUT2D eigenvalue weighted by Gasteiger charge is 2.35. The molecule has 31 heavy (non-hydrogen) atoms. The van der Waals surface area contributed by atoms with Crippen LogP contribution in [0, 0.1) is 30.3 Å². The van der Waals surface area contributed by atoms with Gasteiger partial charge in [-0.15, -0.1) is 0 Å². The van der Waals surface area contributed by atoms with Crippen LogP contribution in [-0.4, -0.2) is 26.7 Å². The molecule has 2 N–H and O–H groups in total. The number of carbonyl (C=O) groups is 2. The lowest BCUT2D eigenvalue weighted by Gasteiger charge is -2.20. The molecule has 2 aromatic carbocycles. The molecule has 0 saturated heterocycles. The fourth-order valence-corrected chi connectivity index (χ4v) is 3.92. The number of phenols is 1. The Morgan fingerprint density at radius 3 is 2.35 bits per heavy atom. The Labute approximate surface area is 180 Å². The number of carboxylic acids is 1. The highest BCUT2D eigenvalue weighted by molar-refractivity contribution is 6.30. The van der Waals surface area contributed by atoms with E-state index in [1.54, 1.807) is 13.8 Å². The molecule has 5 nitrogen and oxygen atoms in total. The quantitative estimate of drug-likeness (QED) is 0.524. The van der Waals surface area contributed by atoms with Gasteiger partial charge in [0, 0.05) is 22.7 Å². The fraction of sp³-hybridized carbons (Fsp3) is 0.273. The van der Waals surface area contributed by atoms with Crippen molar-refractivity contribution in [3.05, 3.63) is 63.6 Å². The van der Waals surface area contributed by atoms with Crippen molar-refractivity contribution in [2.45, 2.75) is 33.1 Å². The standard InChI is InChI=1S/C22H19ClF3NO4/c1-4-9(2)16(22(30)31)17-10(3)27(15-8-14(25)20(28)19(26)18(15)17)21(29)11-5-6-12(23)13(24)7-11/h5-9,16,28H,4H2,1-3H3,(H,30,31)/t9?,16-/m1/s1. The number of hydrogen-bond acceptors (Lipinski definition) is 3. The van der Waals surface area contributed by atoms with Gasteiger partial charge in [-0.25, -0.2) is 13.2 Å². The SMILES string of the molecule is CCC(C)[C@@H](C(=O)O)c1c(C)n(C(=O)c2ccc(Cl)c(F)c2)c2cc(F)c(O)c(F)c12. The molecule has 164 valence electrons. The lowest BCUT2D eigenvalue weighted by Crippen LogP contribution is -2.21. The summed E-state index contributed by atoms with van der Waals surface area (Å²) >= 11 is 5.66. The number of nitrogens with zero attached hydrogens (tertiary/aromatic N) is 1. The van der Waals surface area contributed by atoms with Gasteiger partial charge in [-0.3, -0.25) is 14.2 Å². The molecular formula is C22H19ClF3NO4. The second kappa shape index (κ2) is 8.26. The first-order chi connectivity index (χ1) is 14.5. The van der Waals surface area contributed by atoms with Crippen LogP contribution in [0.25, 0.3) is 10.9 Å². The largest absolute Gasteiger partial charge is 0.503 e. The van der Waals surface area contributed by atoms with Crippen molar-refractivity contribution in [2.75, 3.05) is 0 Å². The zero-order valence-electron chi connectivity index (χ0n) is 16.8. The number of hydrogen-bond donors (Lipinski definition) is 2. The van der Waals surface area contributed by atoms with E-state index in [1.807, 2.05) is 0 Å². The van der Waals surface area contributed by atoms with Gasteiger partial charge in [0.25, 0.3) is 5.91 Å². The first-order valence-electron chi connectivity index (χ1n) is 9.45. The average molecular weight is 454 g/mol. The van der Waals surface area contributed by atoms with Crippen molar-refractivity contribution in [1.29, 1.82) is 0 Å². The van der Waals surface area contributed by atoms with Gasteiger partial charge in [0.1, 0.15) is 5.82 Å². The summed E-state index contributed by atoms with van der Waals surface area (Å²) in [5, 5.41) is 19.1. The van der Waals surface area contributed by atoms with E-state index in [1.165, 1.54) is 13.0 Å². The van der Waals surface area contributed by atoms with Crippen molar-refractivity contribution in [3.8, 4) is 5.75 Å². The molecule has 0 aliphatic carbocycles. The summed E-state index contributed by atoms with van der Waals surface area (Å²) in [6.07, 6.45) is 0.425. The third kappa shape index (κ3) is 3.65. The van der Waals surface area contributed by atoms with E-state index >= 15 is 4.39 Å². The molecule has 9 heteroatoms. The van der Waals surface area contributed by atoms with Gasteiger partial charge in [-0.05, 0) is 36.6 Å². The second-order valence-corrected chi connectivity index (χ2v) is 7.79. The molecule has 0 aliphatic heterocycles. The summed E-state index contributed by atoms with van der Waals surface area (Å²) in [6, 6.07) is 4.05. The monoisotopic (exact) mass is 453 g/mol. The molecule has 3 aromatic rings. The van der Waals surface area contributed by atoms with Crippen molar-refractivity contribution < 1.29 is 33.0 Å². The van der Waals surface area contributed by atoms with E-state index < -0.39 is 46.9 Å². The lowest BCUT2D eigenvalue weighted by molar-refractivity contribution is -0.140. The molecule has 0 radical (unpaired) electrons. The predicted octanol–water partition coefficient (Wildman–Crippen LogP) is 5.63. The number of aromatic nitrogens is 1. The molecule has 1 aromatic heterocycles. The Balaban J connectivity index is 2.42. The van der Waals surface area contributed by atoms with E-state index in [9.17, 15) is 28.6 Å². The Kier molecular flexibility index (Phi) is 6.04. The van der Waals surface area contributed by atoms with Gasteiger partial charge >= 0.3 is 5.97 Å². The molecule has 1 heterocycles. The van der Waals surface area contributed by atoms with Crippen LogP contribution in [0.2, 0.25) is 5.02 Å². The van der Waals surface area contributed by atoms with E-state index in [0.29, 0.717) is 6.42 Å². The smallest absolute Gasteiger partial charge is 0.311 e. The van der Waals surface area contributed by atoms with Crippen LogP contribution in [0.5, 0.6) is 5.75 Å². The number of aromatic hydroxyl groups is 1. The molecule has 0 saturated carbocycles. The van der Waals surface area contributed by atoms with Crippen molar-refractivity contribution in [1.82, 2.24) is 4.57 Å². The molecule has 2 atom stereocenters. The van der Waals surface area contributed by atoms with E-state index in [0.717, 1.165) is 22.8 Å². The zero-order valence-corrected chi connectivity index (χ0v) is 17.6. The average Bonchev–Trinajstić information content (AvgIpc) is 2.99. The summed E-state index contributed by atoms with van der Waals surface area (Å²) in [5.41, 5.74) is -0.424. The summed E-state index contributed by atoms with van der Waals surface area (Å²) in [5.74, 6) is -8.61. The number of rotatable bonds is 5. The highest BCUT2D eigenvalue weighted by Crippen LogP contribution is 2.41. The van der Waals surface area contributed by atoms with Crippen molar-refractivity contribution >= 4 is 34.4 Å². The maximum absolute atomic E-state index is 15.0. The Hall–Kier alpha value is -3.00. The van der Waals surface area contributed by atoms with Crippen LogP contribution in [0.3, 0.4) is 0 Å². The number of halogens is 4. The first-order valence-corrected chi connectivity index (χ1v) is 9.83. The van der Waals surface area contributed by atoms with Gasteiger partial charge in [0.15, 0.2) is 17.4 Å². The van der Waals surface area contributed by atoms with E-state index in [-0.39, 0.29) is 32.7 Å². The van der Waals surface area contributed by atoms with Crippen LogP contribution < -0.4 is 0 Å². The van der Waals surface area contributed by atoms with E-state index in [4.69, 9.17) is 11.6 Å². The predicted molar refractivity (Wildman–Crippen MR) is 109 cm³/mol.